The second-order valence-corrected chi connectivity index (χ2v) is 9.10. The summed E-state index contributed by atoms with van der Waals surface area (Å²) in [5.74, 6) is -0.260. The number of carbonyl (C=O) groups excluding carboxylic acids is 1. The molecule has 0 aliphatic rings. The van der Waals surface area contributed by atoms with E-state index in [1.54, 1.807) is 0 Å². The number of hydrogen-bond acceptors (Lipinski definition) is 8. The molecule has 10 nitrogen and oxygen atoms in total. The van der Waals surface area contributed by atoms with Gasteiger partial charge in [0.15, 0.2) is 0 Å². The van der Waals surface area contributed by atoms with Crippen LogP contribution in [0.1, 0.15) is 16.1 Å². The number of nitro benzene ring substituents is 1. The van der Waals surface area contributed by atoms with E-state index in [9.17, 15) is 23.3 Å². The summed E-state index contributed by atoms with van der Waals surface area (Å²) in [4.78, 5) is 22.8. The number of carbonyl (C=O) groups is 1. The quantitative estimate of drug-likeness (QED) is 0.266. The number of ether oxygens (including phenoxy) is 2. The average molecular weight is 481 g/mol. The Labute approximate surface area is 188 Å². The van der Waals surface area contributed by atoms with Crippen molar-refractivity contribution >= 4 is 33.3 Å². The predicted octanol–water partition coefficient (Wildman–Crippen LogP) is 4.24. The fraction of sp³-hybridized carbons (Fsp3) is 0.150. The molecular formula is C20H17ClN2O8S. The lowest BCUT2D eigenvalue weighted by Gasteiger charge is -2.08. The third-order valence-corrected chi connectivity index (χ3v) is 6.08. The second-order valence-electron chi connectivity index (χ2n) is 6.58. The van der Waals surface area contributed by atoms with Crippen molar-refractivity contribution in [3.8, 4) is 11.5 Å². The summed E-state index contributed by atoms with van der Waals surface area (Å²) in [6, 6.07) is 12.4. The summed E-state index contributed by atoms with van der Waals surface area (Å²) in [5.41, 5.74) is -0.106. The molecule has 0 saturated heterocycles. The highest BCUT2D eigenvalue weighted by molar-refractivity contribution is 7.88. The molecule has 0 amide bonds. The Morgan fingerprint density at radius 2 is 1.81 bits per heavy atom. The zero-order valence-corrected chi connectivity index (χ0v) is 18.4. The van der Waals surface area contributed by atoms with Crippen molar-refractivity contribution in [3.63, 3.8) is 0 Å². The van der Waals surface area contributed by atoms with Crippen molar-refractivity contribution in [1.82, 2.24) is 4.31 Å². The van der Waals surface area contributed by atoms with Crippen molar-refractivity contribution in [2.45, 2.75) is 11.7 Å². The first-order valence-corrected chi connectivity index (χ1v) is 10.8. The van der Waals surface area contributed by atoms with E-state index in [4.69, 9.17) is 25.5 Å². The van der Waals surface area contributed by atoms with Crippen LogP contribution in [-0.2, 0) is 21.4 Å². The van der Waals surface area contributed by atoms with Gasteiger partial charge >= 0.3 is 11.7 Å². The zero-order valence-electron chi connectivity index (χ0n) is 16.8. The van der Waals surface area contributed by atoms with Crippen LogP contribution in [0.25, 0.3) is 0 Å². The van der Waals surface area contributed by atoms with E-state index in [0.29, 0.717) is 0 Å². The van der Waals surface area contributed by atoms with Crippen molar-refractivity contribution in [2.24, 2.45) is 0 Å². The van der Waals surface area contributed by atoms with Crippen LogP contribution in [0.2, 0.25) is 5.02 Å². The Kier molecular flexibility index (Phi) is 6.82. The van der Waals surface area contributed by atoms with Gasteiger partial charge in [-0.05, 0) is 48.5 Å². The first-order chi connectivity index (χ1) is 15.1. The van der Waals surface area contributed by atoms with E-state index in [-0.39, 0.29) is 45.2 Å². The Morgan fingerprint density at radius 1 is 1.12 bits per heavy atom. The molecule has 0 spiro atoms. The summed E-state index contributed by atoms with van der Waals surface area (Å²) < 4.78 is 40.9. The summed E-state index contributed by atoms with van der Waals surface area (Å²) in [6.45, 7) is -0.267. The molecule has 1 aromatic heterocycles. The Balaban J connectivity index is 1.64. The Morgan fingerprint density at radius 3 is 2.44 bits per heavy atom. The van der Waals surface area contributed by atoms with Crippen LogP contribution in [0.15, 0.2) is 64.1 Å². The van der Waals surface area contributed by atoms with Gasteiger partial charge in [-0.15, -0.1) is 0 Å². The molecule has 0 aliphatic heterocycles. The van der Waals surface area contributed by atoms with E-state index in [1.807, 2.05) is 0 Å². The molecule has 0 N–H and O–H groups in total. The number of nitrogens with zero attached hydrogens (tertiary/aromatic N) is 2. The van der Waals surface area contributed by atoms with Crippen LogP contribution in [0, 0.1) is 10.1 Å². The van der Waals surface area contributed by atoms with E-state index in [2.05, 4.69) is 0 Å². The maximum atomic E-state index is 12.2. The van der Waals surface area contributed by atoms with Crippen molar-refractivity contribution in [1.29, 1.82) is 0 Å². The normalized spacial score (nSPS) is 11.4. The third kappa shape index (κ3) is 5.25. The summed E-state index contributed by atoms with van der Waals surface area (Å²) in [7, 11) is -0.983. The summed E-state index contributed by atoms with van der Waals surface area (Å²) in [6.07, 6.45) is 0. The number of sulfonamides is 1. The molecule has 1 heterocycles. The van der Waals surface area contributed by atoms with Gasteiger partial charge in [-0.2, -0.15) is 0 Å². The first kappa shape index (κ1) is 23.3. The molecule has 3 aromatic rings. The van der Waals surface area contributed by atoms with Crippen LogP contribution in [-0.4, -0.2) is 37.7 Å². The van der Waals surface area contributed by atoms with Gasteiger partial charge in [0.1, 0.15) is 18.1 Å². The van der Waals surface area contributed by atoms with Crippen LogP contribution < -0.4 is 4.74 Å². The molecule has 0 fully saturated rings. The highest BCUT2D eigenvalue weighted by Crippen LogP contribution is 2.33. The molecule has 3 rings (SSSR count). The van der Waals surface area contributed by atoms with E-state index < -0.39 is 20.9 Å². The Hall–Kier alpha value is -3.41. The maximum Gasteiger partial charge on any atom is 0.338 e. The van der Waals surface area contributed by atoms with Gasteiger partial charge in [0.05, 0.1) is 10.5 Å². The number of rotatable bonds is 8. The molecule has 0 radical (unpaired) electrons. The predicted molar refractivity (Wildman–Crippen MR) is 113 cm³/mol. The lowest BCUT2D eigenvalue weighted by atomic mass is 10.2. The highest BCUT2D eigenvalue weighted by Gasteiger charge is 2.22. The minimum Gasteiger partial charge on any atom is -0.454 e. The lowest BCUT2D eigenvalue weighted by Crippen LogP contribution is -2.21. The van der Waals surface area contributed by atoms with E-state index >= 15 is 0 Å². The smallest absolute Gasteiger partial charge is 0.338 e. The Bertz CT molecular complexity index is 1250. The lowest BCUT2D eigenvalue weighted by molar-refractivity contribution is -0.385. The molecule has 0 atom stereocenters. The van der Waals surface area contributed by atoms with E-state index in [1.165, 1.54) is 68.7 Å². The molecule has 32 heavy (non-hydrogen) atoms. The number of halogens is 1. The number of hydrogen-bond donors (Lipinski definition) is 0. The average Bonchev–Trinajstić information content (AvgIpc) is 3.23. The molecule has 2 aromatic carbocycles. The third-order valence-electron chi connectivity index (χ3n) is 4.15. The fourth-order valence-electron chi connectivity index (χ4n) is 2.48. The monoisotopic (exact) mass is 480 g/mol. The van der Waals surface area contributed by atoms with Crippen LogP contribution >= 0.6 is 11.6 Å². The number of furan rings is 1. The number of benzene rings is 2. The molecule has 0 bridgehead atoms. The van der Waals surface area contributed by atoms with Gasteiger partial charge in [-0.25, -0.2) is 17.5 Å². The standard InChI is InChI=1S/C20H17ClN2O8S/c1-22(2)32(27,28)19-10-8-16(31-19)12-29-20(24)13-3-6-15(7-4-13)30-18-9-5-14(21)11-17(18)23(25)26/h3-11H,12H2,1-2H3. The number of esters is 1. The molecule has 12 heteroatoms. The van der Waals surface area contributed by atoms with Crippen molar-refractivity contribution < 1.29 is 32.0 Å². The van der Waals surface area contributed by atoms with Crippen LogP contribution in [0.3, 0.4) is 0 Å². The molecular weight excluding hydrogens is 464 g/mol. The second kappa shape index (κ2) is 9.39. The van der Waals surface area contributed by atoms with Crippen LogP contribution in [0.4, 0.5) is 5.69 Å². The van der Waals surface area contributed by atoms with Gasteiger partial charge < -0.3 is 13.9 Å². The van der Waals surface area contributed by atoms with Gasteiger partial charge in [-0.3, -0.25) is 10.1 Å². The van der Waals surface area contributed by atoms with Gasteiger partial charge in [0.2, 0.25) is 10.8 Å². The largest absolute Gasteiger partial charge is 0.454 e. The highest BCUT2D eigenvalue weighted by atomic mass is 35.5. The zero-order chi connectivity index (χ0) is 23.5. The van der Waals surface area contributed by atoms with Crippen molar-refractivity contribution in [3.05, 3.63) is 81.1 Å². The minimum absolute atomic E-state index is 0.00368. The maximum absolute atomic E-state index is 12.2. The van der Waals surface area contributed by atoms with E-state index in [0.717, 1.165) is 4.31 Å². The summed E-state index contributed by atoms with van der Waals surface area (Å²) >= 11 is 5.78. The first-order valence-electron chi connectivity index (χ1n) is 8.98. The van der Waals surface area contributed by atoms with Gasteiger partial charge in [0, 0.05) is 25.2 Å². The minimum atomic E-state index is -3.73. The number of nitro groups is 1. The topological polar surface area (TPSA) is 129 Å². The van der Waals surface area contributed by atoms with Gasteiger partial charge in [0.25, 0.3) is 10.0 Å². The fourth-order valence-corrected chi connectivity index (χ4v) is 3.46. The summed E-state index contributed by atoms with van der Waals surface area (Å²) in [5, 5.41) is 11.1. The molecule has 0 saturated carbocycles. The van der Waals surface area contributed by atoms with Gasteiger partial charge in [-0.1, -0.05) is 11.6 Å². The van der Waals surface area contributed by atoms with Crippen LogP contribution in [0.5, 0.6) is 11.5 Å². The van der Waals surface area contributed by atoms with Crippen molar-refractivity contribution in [2.75, 3.05) is 14.1 Å². The molecule has 0 aliphatic carbocycles. The molecule has 168 valence electrons. The SMILES string of the molecule is CN(C)S(=O)(=O)c1ccc(COC(=O)c2ccc(Oc3ccc(Cl)cc3[N+](=O)[O-])cc2)o1. The molecule has 0 unspecified atom stereocenters.